The van der Waals surface area contributed by atoms with Crippen molar-refractivity contribution in [3.8, 4) is 11.5 Å². The van der Waals surface area contributed by atoms with Crippen LogP contribution in [-0.4, -0.2) is 44.1 Å². The van der Waals surface area contributed by atoms with Crippen LogP contribution in [0.25, 0.3) is 0 Å². The summed E-state index contributed by atoms with van der Waals surface area (Å²) in [6, 6.07) is 13.8. The predicted molar refractivity (Wildman–Crippen MR) is 102 cm³/mol. The van der Waals surface area contributed by atoms with Gasteiger partial charge in [-0.15, -0.1) is 0 Å². The summed E-state index contributed by atoms with van der Waals surface area (Å²) in [6.07, 6.45) is -1.02. The summed E-state index contributed by atoms with van der Waals surface area (Å²) in [6.45, 7) is 4.83. The van der Waals surface area contributed by atoms with Gasteiger partial charge in [-0.25, -0.2) is 4.79 Å². The Bertz CT molecular complexity index is 771. The highest BCUT2D eigenvalue weighted by Crippen LogP contribution is 2.28. The van der Waals surface area contributed by atoms with Crippen molar-refractivity contribution in [2.45, 2.75) is 20.0 Å². The summed E-state index contributed by atoms with van der Waals surface area (Å²) in [5.74, 6) is -0.0143. The van der Waals surface area contributed by atoms with Gasteiger partial charge in [-0.1, -0.05) is 30.3 Å². The molecule has 0 aromatic heterocycles. The molecule has 0 aliphatic carbocycles. The minimum absolute atomic E-state index is 0.228. The monoisotopic (exact) mass is 371 g/mol. The first-order chi connectivity index (χ1) is 13.0. The molecule has 1 amide bonds. The predicted octanol–water partition coefficient (Wildman–Crippen LogP) is 3.47. The van der Waals surface area contributed by atoms with Crippen LogP contribution in [0.1, 0.15) is 35.9 Å². The third-order valence-electron chi connectivity index (χ3n) is 4.26. The van der Waals surface area contributed by atoms with Crippen molar-refractivity contribution in [2.24, 2.45) is 0 Å². The summed E-state index contributed by atoms with van der Waals surface area (Å²) in [5.41, 5.74) is 0.849. The SMILES string of the molecule is CCN(CC)C(=O)[C@H](OC(=O)c1ccc(OC)cc1OC)c1ccccc1. The smallest absolute Gasteiger partial charge is 0.343 e. The zero-order chi connectivity index (χ0) is 19.8. The Balaban J connectivity index is 2.35. The Morgan fingerprint density at radius 3 is 2.19 bits per heavy atom. The fourth-order valence-electron chi connectivity index (χ4n) is 2.73. The van der Waals surface area contributed by atoms with Crippen LogP contribution in [0.3, 0.4) is 0 Å². The Kier molecular flexibility index (Phi) is 7.23. The molecule has 0 N–H and O–H groups in total. The van der Waals surface area contributed by atoms with Crippen LogP contribution in [0.5, 0.6) is 11.5 Å². The average Bonchev–Trinajstić information content (AvgIpc) is 2.72. The van der Waals surface area contributed by atoms with E-state index in [1.807, 2.05) is 19.9 Å². The minimum atomic E-state index is -1.02. The van der Waals surface area contributed by atoms with Crippen LogP contribution in [0.15, 0.2) is 48.5 Å². The zero-order valence-corrected chi connectivity index (χ0v) is 16.1. The molecule has 2 aromatic rings. The highest BCUT2D eigenvalue weighted by Gasteiger charge is 2.29. The fraction of sp³-hybridized carbons (Fsp3) is 0.333. The lowest BCUT2D eigenvalue weighted by Gasteiger charge is -2.25. The lowest BCUT2D eigenvalue weighted by molar-refractivity contribution is -0.140. The topological polar surface area (TPSA) is 65.1 Å². The van der Waals surface area contributed by atoms with E-state index in [2.05, 4.69) is 0 Å². The number of carbonyl (C=O) groups is 2. The number of benzene rings is 2. The number of hydrogen-bond donors (Lipinski definition) is 0. The minimum Gasteiger partial charge on any atom is -0.497 e. The number of amides is 1. The third-order valence-corrected chi connectivity index (χ3v) is 4.26. The van der Waals surface area contributed by atoms with Gasteiger partial charge in [0.25, 0.3) is 5.91 Å². The van der Waals surface area contributed by atoms with Crippen molar-refractivity contribution in [2.75, 3.05) is 27.3 Å². The molecular weight excluding hydrogens is 346 g/mol. The van der Waals surface area contributed by atoms with E-state index in [0.29, 0.717) is 30.2 Å². The number of carbonyl (C=O) groups excluding carboxylic acids is 2. The summed E-state index contributed by atoms with van der Waals surface area (Å²) in [5, 5.41) is 0. The average molecular weight is 371 g/mol. The molecule has 0 saturated heterocycles. The third kappa shape index (κ3) is 4.78. The molecule has 0 bridgehead atoms. The Morgan fingerprint density at radius 1 is 0.963 bits per heavy atom. The number of rotatable bonds is 8. The summed E-state index contributed by atoms with van der Waals surface area (Å²) >= 11 is 0. The number of nitrogens with zero attached hydrogens (tertiary/aromatic N) is 1. The zero-order valence-electron chi connectivity index (χ0n) is 16.1. The molecule has 0 unspecified atom stereocenters. The lowest BCUT2D eigenvalue weighted by Crippen LogP contribution is -2.36. The molecule has 0 radical (unpaired) electrons. The van der Waals surface area contributed by atoms with Gasteiger partial charge in [-0.3, -0.25) is 4.79 Å². The van der Waals surface area contributed by atoms with Gasteiger partial charge in [0.1, 0.15) is 17.1 Å². The Hall–Kier alpha value is -3.02. The van der Waals surface area contributed by atoms with Gasteiger partial charge in [0.05, 0.1) is 14.2 Å². The molecule has 0 saturated carbocycles. The van der Waals surface area contributed by atoms with Gasteiger partial charge in [0, 0.05) is 24.7 Å². The van der Waals surface area contributed by atoms with E-state index in [1.165, 1.54) is 14.2 Å². The number of ether oxygens (including phenoxy) is 3. The molecule has 0 aliphatic heterocycles. The van der Waals surface area contributed by atoms with E-state index in [9.17, 15) is 9.59 Å². The van der Waals surface area contributed by atoms with E-state index in [4.69, 9.17) is 14.2 Å². The van der Waals surface area contributed by atoms with E-state index in [1.54, 1.807) is 47.4 Å². The second-order valence-corrected chi connectivity index (χ2v) is 5.77. The van der Waals surface area contributed by atoms with Crippen molar-refractivity contribution in [3.63, 3.8) is 0 Å². The van der Waals surface area contributed by atoms with E-state index in [-0.39, 0.29) is 11.5 Å². The van der Waals surface area contributed by atoms with Crippen LogP contribution < -0.4 is 9.47 Å². The van der Waals surface area contributed by atoms with Crippen molar-refractivity contribution in [1.29, 1.82) is 0 Å². The fourth-order valence-corrected chi connectivity index (χ4v) is 2.73. The standard InChI is InChI=1S/C21H25NO5/c1-5-22(6-2)20(23)19(15-10-8-7-9-11-15)27-21(24)17-13-12-16(25-3)14-18(17)26-4/h7-14,19H,5-6H2,1-4H3/t19-/m1/s1. The van der Waals surface area contributed by atoms with Crippen molar-refractivity contribution >= 4 is 11.9 Å². The van der Waals surface area contributed by atoms with Crippen molar-refractivity contribution in [3.05, 3.63) is 59.7 Å². The summed E-state index contributed by atoms with van der Waals surface area (Å²) < 4.78 is 16.1. The first-order valence-electron chi connectivity index (χ1n) is 8.82. The number of likely N-dealkylation sites (N-methyl/N-ethyl adjacent to an activating group) is 1. The molecule has 6 heteroatoms. The molecule has 144 valence electrons. The molecule has 6 nitrogen and oxygen atoms in total. The molecular formula is C21H25NO5. The first kappa shape index (κ1) is 20.3. The maximum atomic E-state index is 12.9. The summed E-state index contributed by atoms with van der Waals surface area (Å²) in [7, 11) is 2.99. The normalized spacial score (nSPS) is 11.4. The van der Waals surface area contributed by atoms with Gasteiger partial charge in [-0.2, -0.15) is 0 Å². The highest BCUT2D eigenvalue weighted by atomic mass is 16.6. The van der Waals surface area contributed by atoms with Gasteiger partial charge >= 0.3 is 5.97 Å². The molecule has 0 aliphatic rings. The van der Waals surface area contributed by atoms with Gasteiger partial charge in [0.2, 0.25) is 6.10 Å². The molecule has 27 heavy (non-hydrogen) atoms. The van der Waals surface area contributed by atoms with Crippen molar-refractivity contribution < 1.29 is 23.8 Å². The van der Waals surface area contributed by atoms with Crippen LogP contribution in [0, 0.1) is 0 Å². The molecule has 2 aromatic carbocycles. The second kappa shape index (κ2) is 9.62. The maximum absolute atomic E-state index is 12.9. The van der Waals surface area contributed by atoms with Crippen LogP contribution >= 0.6 is 0 Å². The van der Waals surface area contributed by atoms with Crippen molar-refractivity contribution in [1.82, 2.24) is 4.90 Å². The van der Waals surface area contributed by atoms with E-state index >= 15 is 0 Å². The molecule has 1 atom stereocenters. The maximum Gasteiger partial charge on any atom is 0.343 e. The number of esters is 1. The highest BCUT2D eigenvalue weighted by molar-refractivity contribution is 5.95. The molecule has 0 fully saturated rings. The van der Waals surface area contributed by atoms with Crippen LogP contribution in [0.4, 0.5) is 0 Å². The Labute approximate surface area is 159 Å². The quantitative estimate of drug-likeness (QED) is 0.665. The number of hydrogen-bond acceptors (Lipinski definition) is 5. The van der Waals surface area contributed by atoms with Crippen LogP contribution in [-0.2, 0) is 9.53 Å². The molecule has 0 spiro atoms. The summed E-state index contributed by atoms with van der Waals surface area (Å²) in [4.78, 5) is 27.4. The van der Waals surface area contributed by atoms with Gasteiger partial charge < -0.3 is 19.1 Å². The van der Waals surface area contributed by atoms with Gasteiger partial charge in [-0.05, 0) is 26.0 Å². The molecule has 0 heterocycles. The second-order valence-electron chi connectivity index (χ2n) is 5.77. The van der Waals surface area contributed by atoms with E-state index < -0.39 is 12.1 Å². The largest absolute Gasteiger partial charge is 0.497 e. The Morgan fingerprint density at radius 2 is 1.63 bits per heavy atom. The van der Waals surface area contributed by atoms with Crippen LogP contribution in [0.2, 0.25) is 0 Å². The molecule has 2 rings (SSSR count). The van der Waals surface area contributed by atoms with E-state index in [0.717, 1.165) is 0 Å². The first-order valence-corrected chi connectivity index (χ1v) is 8.82. The lowest BCUT2D eigenvalue weighted by atomic mass is 10.1. The van der Waals surface area contributed by atoms with Gasteiger partial charge in [0.15, 0.2) is 0 Å². The number of methoxy groups -OCH3 is 2.